The zero-order chi connectivity index (χ0) is 13.1. The van der Waals surface area contributed by atoms with E-state index in [9.17, 15) is 4.79 Å². The Morgan fingerprint density at radius 1 is 1.44 bits per heavy atom. The smallest absolute Gasteiger partial charge is 0.320 e. The van der Waals surface area contributed by atoms with E-state index in [1.54, 1.807) is 18.3 Å². The Labute approximate surface area is 112 Å². The van der Waals surface area contributed by atoms with E-state index in [1.807, 2.05) is 4.90 Å². The Morgan fingerprint density at radius 3 is 2.61 bits per heavy atom. The molecule has 1 aromatic rings. The molecule has 1 saturated heterocycles. The van der Waals surface area contributed by atoms with Gasteiger partial charge >= 0.3 is 5.97 Å². The normalized spacial score (nSPS) is 19.9. The number of aryl methyl sites for hydroxylation is 1. The molecule has 1 unspecified atom stereocenters. The lowest BCUT2D eigenvalue weighted by atomic mass is 10.2. The predicted octanol–water partition coefficient (Wildman–Crippen LogP) is 1.65. The molecule has 2 rings (SSSR count). The molecule has 0 amide bonds. The van der Waals surface area contributed by atoms with Crippen LogP contribution in [-0.4, -0.2) is 53.1 Å². The van der Waals surface area contributed by atoms with Crippen LogP contribution in [0.1, 0.15) is 17.4 Å². The summed E-state index contributed by atoms with van der Waals surface area (Å²) in [6, 6.07) is 1.79. The van der Waals surface area contributed by atoms with Crippen LogP contribution >= 0.6 is 11.3 Å². The maximum absolute atomic E-state index is 10.9. The second kappa shape index (κ2) is 5.82. The van der Waals surface area contributed by atoms with Gasteiger partial charge in [-0.2, -0.15) is 0 Å². The average molecular weight is 268 g/mol. The minimum absolute atomic E-state index is 0.365. The van der Waals surface area contributed by atoms with Gasteiger partial charge in [0.2, 0.25) is 0 Å². The van der Waals surface area contributed by atoms with E-state index in [0.29, 0.717) is 0 Å². The van der Waals surface area contributed by atoms with Crippen LogP contribution in [0.4, 0.5) is 0 Å². The lowest BCUT2D eigenvalue weighted by Gasteiger charge is -2.36. The summed E-state index contributed by atoms with van der Waals surface area (Å²) in [6.07, 6.45) is 0. The molecular formula is C13H20N2O2S. The molecular weight excluding hydrogens is 248 g/mol. The number of nitrogens with zero attached hydrogens (tertiary/aromatic N) is 2. The van der Waals surface area contributed by atoms with E-state index in [1.165, 1.54) is 10.4 Å². The lowest BCUT2D eigenvalue weighted by Crippen LogP contribution is -2.51. The van der Waals surface area contributed by atoms with Gasteiger partial charge in [0.05, 0.1) is 0 Å². The van der Waals surface area contributed by atoms with Crippen molar-refractivity contribution >= 4 is 17.3 Å². The summed E-state index contributed by atoms with van der Waals surface area (Å²) >= 11 is 1.81. The first-order chi connectivity index (χ1) is 8.58. The molecule has 0 radical (unpaired) electrons. The highest BCUT2D eigenvalue weighted by Gasteiger charge is 2.25. The second-order valence-corrected chi connectivity index (χ2v) is 5.85. The Balaban J connectivity index is 1.84. The first-order valence-electron chi connectivity index (χ1n) is 6.30. The first kappa shape index (κ1) is 13.5. The Kier molecular flexibility index (Phi) is 4.37. The molecule has 0 bridgehead atoms. The highest BCUT2D eigenvalue weighted by atomic mass is 32.1. The standard InChI is InChI=1S/C13H20N2O2S/c1-10-3-8-18-12(10)9-14-4-6-15(7-5-14)11(2)13(16)17/h3,8,11H,4-7,9H2,1-2H3,(H,16,17). The summed E-state index contributed by atoms with van der Waals surface area (Å²) in [4.78, 5) is 16.8. The van der Waals surface area contributed by atoms with Crippen LogP contribution in [0.2, 0.25) is 0 Å². The van der Waals surface area contributed by atoms with Gasteiger partial charge in [-0.05, 0) is 30.9 Å². The third-order valence-electron chi connectivity index (χ3n) is 3.65. The summed E-state index contributed by atoms with van der Waals surface area (Å²) < 4.78 is 0. The van der Waals surface area contributed by atoms with Gasteiger partial charge in [0.15, 0.2) is 0 Å². The van der Waals surface area contributed by atoms with Crippen molar-refractivity contribution in [3.63, 3.8) is 0 Å². The topological polar surface area (TPSA) is 43.8 Å². The third kappa shape index (κ3) is 3.10. The molecule has 0 spiro atoms. The monoisotopic (exact) mass is 268 g/mol. The number of hydrogen-bond acceptors (Lipinski definition) is 4. The van der Waals surface area contributed by atoms with Crippen molar-refractivity contribution < 1.29 is 9.90 Å². The van der Waals surface area contributed by atoms with Crippen molar-refractivity contribution in [2.24, 2.45) is 0 Å². The molecule has 1 atom stereocenters. The highest BCUT2D eigenvalue weighted by Crippen LogP contribution is 2.19. The number of aliphatic carboxylic acids is 1. The van der Waals surface area contributed by atoms with E-state index in [-0.39, 0.29) is 6.04 Å². The fourth-order valence-electron chi connectivity index (χ4n) is 2.23. The lowest BCUT2D eigenvalue weighted by molar-refractivity contribution is -0.143. The molecule has 18 heavy (non-hydrogen) atoms. The van der Waals surface area contributed by atoms with Crippen LogP contribution in [0.15, 0.2) is 11.4 Å². The molecule has 100 valence electrons. The average Bonchev–Trinajstić information content (AvgIpc) is 2.75. The Hall–Kier alpha value is -0.910. The van der Waals surface area contributed by atoms with Crippen LogP contribution < -0.4 is 0 Å². The quantitative estimate of drug-likeness (QED) is 0.902. The number of carboxylic acid groups (broad SMARTS) is 1. The van der Waals surface area contributed by atoms with E-state index in [0.717, 1.165) is 32.7 Å². The SMILES string of the molecule is Cc1ccsc1CN1CCN(C(C)C(=O)O)CC1. The molecule has 2 heterocycles. The molecule has 4 nitrogen and oxygen atoms in total. The maximum Gasteiger partial charge on any atom is 0.320 e. The van der Waals surface area contributed by atoms with E-state index >= 15 is 0 Å². The first-order valence-corrected chi connectivity index (χ1v) is 7.18. The molecule has 1 aromatic heterocycles. The highest BCUT2D eigenvalue weighted by molar-refractivity contribution is 7.10. The van der Waals surface area contributed by atoms with Crippen molar-refractivity contribution in [3.8, 4) is 0 Å². The minimum Gasteiger partial charge on any atom is -0.480 e. The zero-order valence-electron chi connectivity index (χ0n) is 10.9. The van der Waals surface area contributed by atoms with E-state index in [2.05, 4.69) is 23.3 Å². The van der Waals surface area contributed by atoms with Gasteiger partial charge < -0.3 is 5.11 Å². The number of rotatable bonds is 4. The van der Waals surface area contributed by atoms with E-state index < -0.39 is 5.97 Å². The maximum atomic E-state index is 10.9. The van der Waals surface area contributed by atoms with Gasteiger partial charge in [0.25, 0.3) is 0 Å². The van der Waals surface area contributed by atoms with Crippen molar-refractivity contribution in [1.82, 2.24) is 9.80 Å². The predicted molar refractivity (Wildman–Crippen MR) is 73.0 cm³/mol. The number of carboxylic acids is 1. The Bertz CT molecular complexity index is 411. The Morgan fingerprint density at radius 2 is 2.11 bits per heavy atom. The van der Waals surface area contributed by atoms with Crippen LogP contribution in [0.5, 0.6) is 0 Å². The third-order valence-corrected chi connectivity index (χ3v) is 4.66. The van der Waals surface area contributed by atoms with Gasteiger partial charge in [-0.1, -0.05) is 0 Å². The zero-order valence-corrected chi connectivity index (χ0v) is 11.7. The molecule has 0 aromatic carbocycles. The number of carbonyl (C=O) groups is 1. The molecule has 1 fully saturated rings. The summed E-state index contributed by atoms with van der Waals surface area (Å²) in [5, 5.41) is 11.1. The summed E-state index contributed by atoms with van der Waals surface area (Å²) in [6.45, 7) is 8.51. The van der Waals surface area contributed by atoms with Gasteiger partial charge in [-0.25, -0.2) is 0 Å². The van der Waals surface area contributed by atoms with Crippen molar-refractivity contribution in [3.05, 3.63) is 21.9 Å². The largest absolute Gasteiger partial charge is 0.480 e. The fourth-order valence-corrected chi connectivity index (χ4v) is 3.18. The summed E-state index contributed by atoms with van der Waals surface area (Å²) in [5.74, 6) is -0.724. The van der Waals surface area contributed by atoms with Gasteiger partial charge in [-0.3, -0.25) is 14.6 Å². The van der Waals surface area contributed by atoms with Gasteiger partial charge in [0.1, 0.15) is 6.04 Å². The van der Waals surface area contributed by atoms with Crippen LogP contribution in [0.25, 0.3) is 0 Å². The van der Waals surface area contributed by atoms with Crippen molar-refractivity contribution in [2.75, 3.05) is 26.2 Å². The molecule has 0 saturated carbocycles. The van der Waals surface area contributed by atoms with Gasteiger partial charge in [0, 0.05) is 37.6 Å². The summed E-state index contributed by atoms with van der Waals surface area (Å²) in [7, 11) is 0. The van der Waals surface area contributed by atoms with Crippen LogP contribution in [0, 0.1) is 6.92 Å². The fraction of sp³-hybridized carbons (Fsp3) is 0.615. The van der Waals surface area contributed by atoms with Gasteiger partial charge in [-0.15, -0.1) is 11.3 Å². The van der Waals surface area contributed by atoms with Crippen molar-refractivity contribution in [1.29, 1.82) is 0 Å². The van der Waals surface area contributed by atoms with E-state index in [4.69, 9.17) is 5.11 Å². The minimum atomic E-state index is -0.724. The molecule has 1 aliphatic rings. The molecule has 1 N–H and O–H groups in total. The van der Waals surface area contributed by atoms with Crippen LogP contribution in [-0.2, 0) is 11.3 Å². The molecule has 0 aliphatic carbocycles. The molecule has 5 heteroatoms. The number of thiophene rings is 1. The summed E-state index contributed by atoms with van der Waals surface area (Å²) in [5.41, 5.74) is 1.36. The number of hydrogen-bond donors (Lipinski definition) is 1. The molecule has 1 aliphatic heterocycles. The van der Waals surface area contributed by atoms with Crippen LogP contribution in [0.3, 0.4) is 0 Å². The second-order valence-electron chi connectivity index (χ2n) is 4.85. The van der Waals surface area contributed by atoms with Crippen molar-refractivity contribution in [2.45, 2.75) is 26.4 Å². The number of piperazine rings is 1.